The summed E-state index contributed by atoms with van der Waals surface area (Å²) in [4.78, 5) is 1.78. The van der Waals surface area contributed by atoms with E-state index in [1.54, 1.807) is 4.90 Å². The molecular weight excluding hydrogens is 228 g/mol. The molecule has 84 valence electrons. The van der Waals surface area contributed by atoms with E-state index in [2.05, 4.69) is 10.6 Å². The van der Waals surface area contributed by atoms with E-state index in [1.807, 2.05) is 0 Å². The van der Waals surface area contributed by atoms with E-state index in [1.165, 1.54) is 0 Å². The van der Waals surface area contributed by atoms with Gasteiger partial charge in [-0.1, -0.05) is 0 Å². The highest BCUT2D eigenvalue weighted by Crippen LogP contribution is 1.91. The standard InChI is InChI=1S/C5H11N3O3S2.H3N/c9-13(10,11)2-1-8-3-6-5(12)7-4-8;/h1-4H2,(H2,6,7,12)(H,9,10,11);1H3. The average molecular weight is 242 g/mol. The highest BCUT2D eigenvalue weighted by Gasteiger charge is 2.14. The first kappa shape index (κ1) is 13.5. The van der Waals surface area contributed by atoms with Gasteiger partial charge in [0.05, 0.1) is 19.1 Å². The van der Waals surface area contributed by atoms with Gasteiger partial charge in [-0.2, -0.15) is 8.42 Å². The van der Waals surface area contributed by atoms with E-state index in [0.717, 1.165) is 0 Å². The molecule has 0 aromatic heterocycles. The van der Waals surface area contributed by atoms with E-state index in [4.69, 9.17) is 16.8 Å². The van der Waals surface area contributed by atoms with Crippen molar-refractivity contribution in [3.05, 3.63) is 0 Å². The van der Waals surface area contributed by atoms with E-state index in [0.29, 0.717) is 18.4 Å². The first-order valence-electron chi connectivity index (χ1n) is 3.66. The fraction of sp³-hybridized carbons (Fsp3) is 0.800. The van der Waals surface area contributed by atoms with Gasteiger partial charge < -0.3 is 16.8 Å². The number of thiocarbonyl (C=S) groups is 1. The summed E-state index contributed by atoms with van der Waals surface area (Å²) in [6.45, 7) is 1.28. The molecule has 9 heteroatoms. The van der Waals surface area contributed by atoms with Crippen molar-refractivity contribution in [1.29, 1.82) is 0 Å². The Morgan fingerprint density at radius 2 is 1.93 bits per heavy atom. The third-order valence-electron chi connectivity index (χ3n) is 1.59. The topological polar surface area (TPSA) is 117 Å². The molecule has 1 fully saturated rings. The summed E-state index contributed by atoms with van der Waals surface area (Å²) < 4.78 is 29.3. The monoisotopic (exact) mass is 242 g/mol. The molecule has 1 saturated heterocycles. The Balaban J connectivity index is 0.00000169. The second kappa shape index (κ2) is 5.41. The fourth-order valence-corrected chi connectivity index (χ4v) is 1.51. The molecular formula is C5H14N4O3S2. The highest BCUT2D eigenvalue weighted by molar-refractivity contribution is 7.85. The predicted molar refractivity (Wildman–Crippen MR) is 56.7 cm³/mol. The third kappa shape index (κ3) is 5.29. The first-order chi connectivity index (χ1) is 5.97. The molecule has 1 rings (SSSR count). The second-order valence-corrected chi connectivity index (χ2v) is 4.66. The van der Waals surface area contributed by atoms with Crippen LogP contribution in [0.15, 0.2) is 0 Å². The number of nitrogens with one attached hydrogen (secondary N) is 2. The summed E-state index contributed by atoms with van der Waals surface area (Å²) >= 11 is 4.80. The Hall–Kier alpha value is -0.480. The molecule has 0 aromatic carbocycles. The van der Waals surface area contributed by atoms with Crippen LogP contribution in [-0.4, -0.2) is 48.6 Å². The van der Waals surface area contributed by atoms with Crippen molar-refractivity contribution < 1.29 is 13.0 Å². The minimum absolute atomic E-state index is 0. The minimum atomic E-state index is -3.87. The molecule has 0 saturated carbocycles. The Morgan fingerprint density at radius 1 is 1.43 bits per heavy atom. The molecule has 0 unspecified atom stereocenters. The molecule has 7 nitrogen and oxygen atoms in total. The smallest absolute Gasteiger partial charge is 0.266 e. The molecule has 0 spiro atoms. The van der Waals surface area contributed by atoms with Gasteiger partial charge in [0.25, 0.3) is 10.1 Å². The van der Waals surface area contributed by atoms with Gasteiger partial charge in [0, 0.05) is 6.54 Å². The van der Waals surface area contributed by atoms with Gasteiger partial charge in [-0.05, 0) is 12.2 Å². The Bertz CT molecular complexity index is 281. The molecule has 6 N–H and O–H groups in total. The van der Waals surface area contributed by atoms with Gasteiger partial charge >= 0.3 is 0 Å². The largest absolute Gasteiger partial charge is 0.350 e. The summed E-state index contributed by atoms with van der Waals surface area (Å²) in [5.74, 6) is -0.261. The lowest BCUT2D eigenvalue weighted by Crippen LogP contribution is -2.54. The van der Waals surface area contributed by atoms with Crippen LogP contribution in [0, 0.1) is 0 Å². The van der Waals surface area contributed by atoms with Crippen molar-refractivity contribution >= 4 is 27.4 Å². The van der Waals surface area contributed by atoms with Crippen molar-refractivity contribution in [3.63, 3.8) is 0 Å². The van der Waals surface area contributed by atoms with E-state index < -0.39 is 10.1 Å². The van der Waals surface area contributed by atoms with Crippen LogP contribution in [0.3, 0.4) is 0 Å². The Kier molecular flexibility index (Phi) is 5.23. The average Bonchev–Trinajstić information content (AvgIpc) is 2.02. The van der Waals surface area contributed by atoms with Crippen LogP contribution in [0.1, 0.15) is 0 Å². The lowest BCUT2D eigenvalue weighted by atomic mass is 10.6. The van der Waals surface area contributed by atoms with Crippen LogP contribution in [0.4, 0.5) is 0 Å². The highest BCUT2D eigenvalue weighted by atomic mass is 32.2. The van der Waals surface area contributed by atoms with Crippen molar-refractivity contribution in [1.82, 2.24) is 21.7 Å². The molecule has 14 heavy (non-hydrogen) atoms. The quantitative estimate of drug-likeness (QED) is 0.357. The minimum Gasteiger partial charge on any atom is -0.350 e. The molecule has 0 radical (unpaired) electrons. The maximum Gasteiger partial charge on any atom is 0.266 e. The van der Waals surface area contributed by atoms with Crippen molar-refractivity contribution in [2.75, 3.05) is 25.6 Å². The second-order valence-electron chi connectivity index (χ2n) is 2.68. The van der Waals surface area contributed by atoms with Crippen LogP contribution in [-0.2, 0) is 10.1 Å². The lowest BCUT2D eigenvalue weighted by molar-refractivity contribution is 0.256. The maximum atomic E-state index is 10.4. The van der Waals surface area contributed by atoms with Gasteiger partial charge in [-0.15, -0.1) is 0 Å². The van der Waals surface area contributed by atoms with E-state index >= 15 is 0 Å². The molecule has 0 amide bonds. The molecule has 0 atom stereocenters. The summed E-state index contributed by atoms with van der Waals surface area (Å²) in [7, 11) is -3.87. The van der Waals surface area contributed by atoms with E-state index in [9.17, 15) is 8.42 Å². The first-order valence-corrected chi connectivity index (χ1v) is 5.68. The normalized spacial score (nSPS) is 17.9. The zero-order chi connectivity index (χ0) is 9.90. The van der Waals surface area contributed by atoms with Crippen LogP contribution in [0.2, 0.25) is 0 Å². The van der Waals surface area contributed by atoms with Gasteiger partial charge in [0.1, 0.15) is 0 Å². The molecule has 1 heterocycles. The molecule has 0 aromatic rings. The zero-order valence-electron chi connectivity index (χ0n) is 7.56. The van der Waals surface area contributed by atoms with Crippen molar-refractivity contribution in [3.8, 4) is 0 Å². The molecule has 0 aliphatic carbocycles. The number of rotatable bonds is 3. The van der Waals surface area contributed by atoms with Gasteiger partial charge in [0.15, 0.2) is 5.11 Å². The van der Waals surface area contributed by atoms with Gasteiger partial charge in [-0.25, -0.2) is 0 Å². The molecule has 0 bridgehead atoms. The summed E-state index contributed by atoms with van der Waals surface area (Å²) in [5.41, 5.74) is 0. The van der Waals surface area contributed by atoms with Crippen LogP contribution >= 0.6 is 12.2 Å². The van der Waals surface area contributed by atoms with Gasteiger partial charge in [-0.3, -0.25) is 9.45 Å². The third-order valence-corrected chi connectivity index (χ3v) is 2.58. The van der Waals surface area contributed by atoms with Crippen LogP contribution in [0.5, 0.6) is 0 Å². The lowest BCUT2D eigenvalue weighted by Gasteiger charge is -2.28. The number of hydrogen-bond acceptors (Lipinski definition) is 5. The molecule has 1 aliphatic heterocycles. The Morgan fingerprint density at radius 3 is 2.36 bits per heavy atom. The van der Waals surface area contributed by atoms with Crippen LogP contribution in [0.25, 0.3) is 0 Å². The fourth-order valence-electron chi connectivity index (χ4n) is 0.888. The summed E-state index contributed by atoms with van der Waals surface area (Å²) in [5, 5.41) is 6.23. The number of hydrogen-bond donors (Lipinski definition) is 4. The van der Waals surface area contributed by atoms with Crippen molar-refractivity contribution in [2.24, 2.45) is 0 Å². The van der Waals surface area contributed by atoms with Gasteiger partial charge in [0.2, 0.25) is 0 Å². The van der Waals surface area contributed by atoms with Crippen LogP contribution < -0.4 is 16.8 Å². The maximum absolute atomic E-state index is 10.4. The van der Waals surface area contributed by atoms with E-state index in [-0.39, 0.29) is 18.4 Å². The molecule has 1 aliphatic rings. The Labute approximate surface area is 88.2 Å². The summed E-state index contributed by atoms with van der Waals surface area (Å²) in [6, 6.07) is 0. The SMILES string of the molecule is N.O=S(=O)(O)CCN1CNC(=S)NC1. The zero-order valence-corrected chi connectivity index (χ0v) is 9.20. The predicted octanol–water partition coefficient (Wildman–Crippen LogP) is -1.27. The van der Waals surface area contributed by atoms with Crippen molar-refractivity contribution in [2.45, 2.75) is 0 Å². The number of nitrogens with zero attached hydrogens (tertiary/aromatic N) is 1. The summed E-state index contributed by atoms with van der Waals surface area (Å²) in [6.07, 6.45) is 0.